The maximum absolute atomic E-state index is 11.9. The molecule has 0 aliphatic carbocycles. The maximum atomic E-state index is 11.9. The van der Waals surface area contributed by atoms with Gasteiger partial charge in [0.25, 0.3) is 0 Å². The molecule has 0 saturated carbocycles. The van der Waals surface area contributed by atoms with Crippen LogP contribution in [0.2, 0.25) is 0 Å². The molecule has 1 aromatic rings. The first-order valence-electron chi connectivity index (χ1n) is 6.34. The lowest BCUT2D eigenvalue weighted by molar-refractivity contribution is 0.586. The first kappa shape index (κ1) is 13.4. The minimum atomic E-state index is -1.15. The molecule has 1 rings (SSSR count). The van der Waals surface area contributed by atoms with Gasteiger partial charge in [0.05, 0.1) is 0 Å². The van der Waals surface area contributed by atoms with Gasteiger partial charge in [-0.25, -0.2) is 0 Å². The lowest BCUT2D eigenvalue weighted by Gasteiger charge is -2.01. The normalized spacial score (nSPS) is 11.4. The predicted molar refractivity (Wildman–Crippen MR) is 71.9 cm³/mol. The molecule has 0 N–H and O–H groups in total. The summed E-state index contributed by atoms with van der Waals surface area (Å²) < 4.78 is 11.9. The van der Waals surface area contributed by atoms with E-state index in [0.29, 0.717) is 0 Å². The van der Waals surface area contributed by atoms with E-state index in [1.807, 2.05) is 30.3 Å². The second-order valence-electron chi connectivity index (χ2n) is 4.21. The highest BCUT2D eigenvalue weighted by molar-refractivity contribution is 7.53. The summed E-state index contributed by atoms with van der Waals surface area (Å²) in [6.07, 6.45) is 8.45. The molecule has 16 heavy (non-hydrogen) atoms. The summed E-state index contributed by atoms with van der Waals surface area (Å²) in [5.41, 5.74) is 0. The molecule has 2 heteroatoms. The lowest BCUT2D eigenvalue weighted by atomic mass is 10.1. The van der Waals surface area contributed by atoms with Crippen LogP contribution >= 0.6 is 7.80 Å². The van der Waals surface area contributed by atoms with Crippen LogP contribution < -0.4 is 5.30 Å². The molecule has 0 fully saturated rings. The Labute approximate surface area is 100 Å². The van der Waals surface area contributed by atoms with Gasteiger partial charge in [-0.3, -0.25) is 4.57 Å². The lowest BCUT2D eigenvalue weighted by Crippen LogP contribution is -1.96. The van der Waals surface area contributed by atoms with E-state index in [4.69, 9.17) is 0 Å². The third-order valence-corrected chi connectivity index (χ3v) is 4.36. The van der Waals surface area contributed by atoms with Crippen molar-refractivity contribution < 1.29 is 4.57 Å². The Bertz CT molecular complexity index is 295. The molecule has 1 nitrogen and oxygen atoms in total. The molecule has 0 spiro atoms. The van der Waals surface area contributed by atoms with Gasteiger partial charge in [0.1, 0.15) is 7.80 Å². The number of benzene rings is 1. The van der Waals surface area contributed by atoms with E-state index in [-0.39, 0.29) is 0 Å². The number of unbranched alkanes of at least 4 members (excludes halogenated alkanes) is 5. The van der Waals surface area contributed by atoms with Crippen molar-refractivity contribution in [2.24, 2.45) is 0 Å². The van der Waals surface area contributed by atoms with E-state index < -0.39 is 7.80 Å². The van der Waals surface area contributed by atoms with Gasteiger partial charge in [0, 0.05) is 11.5 Å². The van der Waals surface area contributed by atoms with E-state index in [9.17, 15) is 4.57 Å². The SMILES string of the molecule is CCCCCCCC[P](=O)c1ccccc1. The standard InChI is InChI=1S/C14H22OP/c1-2-3-4-5-6-10-13-16(15)14-11-8-7-9-12-14/h7-9,11-12H,2-6,10,13H2,1H3. The van der Waals surface area contributed by atoms with Gasteiger partial charge < -0.3 is 0 Å². The topological polar surface area (TPSA) is 17.1 Å². The Morgan fingerprint density at radius 1 is 0.938 bits per heavy atom. The van der Waals surface area contributed by atoms with Crippen LogP contribution in [0.25, 0.3) is 0 Å². The number of hydrogen-bond donors (Lipinski definition) is 0. The molecule has 89 valence electrons. The van der Waals surface area contributed by atoms with Crippen molar-refractivity contribution in [3.63, 3.8) is 0 Å². The summed E-state index contributed by atoms with van der Waals surface area (Å²) in [5, 5.41) is 1.01. The highest BCUT2D eigenvalue weighted by Gasteiger charge is 2.02. The molecule has 0 aromatic heterocycles. The molecule has 0 amide bonds. The van der Waals surface area contributed by atoms with E-state index in [0.717, 1.165) is 17.9 Å². The number of rotatable bonds is 8. The third kappa shape index (κ3) is 5.42. The van der Waals surface area contributed by atoms with Crippen LogP contribution in [0, 0.1) is 0 Å². The minimum Gasteiger partial charge on any atom is -0.282 e. The smallest absolute Gasteiger partial charge is 0.104 e. The largest absolute Gasteiger partial charge is 0.282 e. The Kier molecular flexibility index (Phi) is 7.09. The first-order chi connectivity index (χ1) is 7.84. The van der Waals surface area contributed by atoms with Crippen LogP contribution in [-0.2, 0) is 4.57 Å². The summed E-state index contributed by atoms with van der Waals surface area (Å²) >= 11 is 0. The summed E-state index contributed by atoms with van der Waals surface area (Å²) in [7, 11) is -1.15. The Morgan fingerprint density at radius 3 is 2.25 bits per heavy atom. The van der Waals surface area contributed by atoms with E-state index in [2.05, 4.69) is 6.92 Å². The van der Waals surface area contributed by atoms with Crippen molar-refractivity contribution in [3.05, 3.63) is 30.3 Å². The Hall–Kier alpha value is -0.680. The van der Waals surface area contributed by atoms with Crippen molar-refractivity contribution in [2.75, 3.05) is 6.16 Å². The van der Waals surface area contributed by atoms with Crippen molar-refractivity contribution in [3.8, 4) is 0 Å². The molecule has 0 saturated heterocycles. The fourth-order valence-corrected chi connectivity index (χ4v) is 3.03. The fourth-order valence-electron chi connectivity index (χ4n) is 1.76. The molecule has 0 heterocycles. The second-order valence-corrected chi connectivity index (χ2v) is 5.93. The Balaban J connectivity index is 2.12. The van der Waals surface area contributed by atoms with Crippen LogP contribution in [0.4, 0.5) is 0 Å². The highest BCUT2D eigenvalue weighted by atomic mass is 31.1. The third-order valence-electron chi connectivity index (χ3n) is 2.76. The molecule has 0 aliphatic rings. The van der Waals surface area contributed by atoms with Crippen LogP contribution in [0.5, 0.6) is 0 Å². The average molecular weight is 237 g/mol. The summed E-state index contributed by atoms with van der Waals surface area (Å²) in [5.74, 6) is 0. The van der Waals surface area contributed by atoms with Crippen molar-refractivity contribution in [1.82, 2.24) is 0 Å². The summed E-state index contributed by atoms with van der Waals surface area (Å²) in [6.45, 7) is 2.23. The summed E-state index contributed by atoms with van der Waals surface area (Å²) in [6, 6.07) is 9.83. The van der Waals surface area contributed by atoms with Gasteiger partial charge in [-0.2, -0.15) is 0 Å². The summed E-state index contributed by atoms with van der Waals surface area (Å²) in [4.78, 5) is 0. The van der Waals surface area contributed by atoms with E-state index in [1.54, 1.807) is 0 Å². The molecular weight excluding hydrogens is 215 g/mol. The fraction of sp³-hybridized carbons (Fsp3) is 0.571. The molecular formula is C14H22OP. The molecule has 0 bridgehead atoms. The van der Waals surface area contributed by atoms with Gasteiger partial charge in [0.15, 0.2) is 0 Å². The van der Waals surface area contributed by atoms with Crippen LogP contribution in [-0.4, -0.2) is 6.16 Å². The minimum absolute atomic E-state index is 0.853. The predicted octanol–water partition coefficient (Wildman–Crippen LogP) is 4.50. The molecule has 0 aliphatic heterocycles. The molecule has 1 unspecified atom stereocenters. The molecule has 1 aromatic carbocycles. The zero-order valence-electron chi connectivity index (χ0n) is 10.2. The Morgan fingerprint density at radius 2 is 1.56 bits per heavy atom. The van der Waals surface area contributed by atoms with Gasteiger partial charge in [0.2, 0.25) is 0 Å². The van der Waals surface area contributed by atoms with Crippen LogP contribution in [0.15, 0.2) is 30.3 Å². The quantitative estimate of drug-likeness (QED) is 0.480. The maximum Gasteiger partial charge on any atom is 0.104 e. The molecule has 1 radical (unpaired) electrons. The zero-order chi connectivity index (χ0) is 11.6. The van der Waals surface area contributed by atoms with Gasteiger partial charge in [-0.05, 0) is 18.6 Å². The van der Waals surface area contributed by atoms with Gasteiger partial charge >= 0.3 is 0 Å². The second kappa shape index (κ2) is 8.47. The van der Waals surface area contributed by atoms with Crippen molar-refractivity contribution in [2.45, 2.75) is 45.4 Å². The van der Waals surface area contributed by atoms with Gasteiger partial charge in [-0.15, -0.1) is 0 Å². The molecule has 1 atom stereocenters. The van der Waals surface area contributed by atoms with Crippen LogP contribution in [0.1, 0.15) is 45.4 Å². The van der Waals surface area contributed by atoms with Crippen molar-refractivity contribution in [1.29, 1.82) is 0 Å². The van der Waals surface area contributed by atoms with Crippen molar-refractivity contribution >= 4 is 13.1 Å². The van der Waals surface area contributed by atoms with E-state index in [1.165, 1.54) is 32.1 Å². The zero-order valence-corrected chi connectivity index (χ0v) is 11.1. The first-order valence-corrected chi connectivity index (χ1v) is 7.79. The van der Waals surface area contributed by atoms with E-state index >= 15 is 0 Å². The van der Waals surface area contributed by atoms with Crippen LogP contribution in [0.3, 0.4) is 0 Å². The number of hydrogen-bond acceptors (Lipinski definition) is 1. The monoisotopic (exact) mass is 237 g/mol. The highest BCUT2D eigenvalue weighted by Crippen LogP contribution is 2.22. The van der Waals surface area contributed by atoms with Gasteiger partial charge in [-0.1, -0.05) is 57.2 Å². The average Bonchev–Trinajstić information content (AvgIpc) is 2.34.